The van der Waals surface area contributed by atoms with Crippen LogP contribution in [0.4, 0.5) is 0 Å². The van der Waals surface area contributed by atoms with Crippen molar-refractivity contribution in [3.8, 4) is 0 Å². The largest absolute Gasteiger partial charge is 0.349 e. The summed E-state index contributed by atoms with van der Waals surface area (Å²) in [6, 6.07) is 0. The van der Waals surface area contributed by atoms with E-state index in [2.05, 4.69) is 4.98 Å². The Morgan fingerprint density at radius 3 is 2.57 bits per heavy atom. The maximum Gasteiger partial charge on any atom is 0.223 e. The van der Waals surface area contributed by atoms with Gasteiger partial charge in [0.1, 0.15) is 0 Å². The van der Waals surface area contributed by atoms with E-state index in [4.69, 9.17) is 0 Å². The van der Waals surface area contributed by atoms with Gasteiger partial charge in [-0.25, -0.2) is 4.98 Å². The van der Waals surface area contributed by atoms with Gasteiger partial charge in [0.15, 0.2) is 0 Å². The highest BCUT2D eigenvalue weighted by Crippen LogP contribution is 2.05. The van der Waals surface area contributed by atoms with E-state index in [0.717, 1.165) is 11.4 Å². The molecular weight excluding hydrogens is 178 g/mol. The normalized spacial score (nSPS) is 10.3. The fraction of sp³-hybridized carbons (Fsp3) is 0.600. The third kappa shape index (κ3) is 2.34. The van der Waals surface area contributed by atoms with Crippen molar-refractivity contribution in [2.75, 3.05) is 14.1 Å². The molecule has 1 aromatic heterocycles. The highest BCUT2D eigenvalue weighted by Gasteiger charge is 2.06. The molecule has 0 saturated heterocycles. The second kappa shape index (κ2) is 4.26. The number of rotatable bonds is 3. The SMILES string of the molecule is Cc1ncn(CCC(=O)N(C)C)c1C. The first-order valence-corrected chi connectivity index (χ1v) is 4.71. The van der Waals surface area contributed by atoms with Gasteiger partial charge < -0.3 is 9.47 Å². The lowest BCUT2D eigenvalue weighted by Crippen LogP contribution is -2.22. The van der Waals surface area contributed by atoms with Crippen LogP contribution in [-0.2, 0) is 11.3 Å². The summed E-state index contributed by atoms with van der Waals surface area (Å²) in [6.45, 7) is 4.70. The second-order valence-electron chi connectivity index (χ2n) is 3.65. The van der Waals surface area contributed by atoms with Crippen LogP contribution in [0.5, 0.6) is 0 Å². The molecule has 0 aromatic carbocycles. The molecule has 0 aliphatic rings. The van der Waals surface area contributed by atoms with Crippen LogP contribution in [-0.4, -0.2) is 34.5 Å². The maximum absolute atomic E-state index is 11.3. The molecule has 4 heteroatoms. The Kier molecular flexibility index (Phi) is 3.28. The van der Waals surface area contributed by atoms with Crippen molar-refractivity contribution in [1.82, 2.24) is 14.5 Å². The van der Waals surface area contributed by atoms with Crippen molar-refractivity contribution < 1.29 is 4.79 Å². The first-order valence-electron chi connectivity index (χ1n) is 4.71. The van der Waals surface area contributed by atoms with E-state index in [1.165, 1.54) is 0 Å². The zero-order valence-corrected chi connectivity index (χ0v) is 9.24. The number of aryl methyl sites for hydroxylation is 2. The summed E-state index contributed by atoms with van der Waals surface area (Å²) in [6.07, 6.45) is 2.32. The molecular formula is C10H17N3O. The Balaban J connectivity index is 2.54. The van der Waals surface area contributed by atoms with E-state index < -0.39 is 0 Å². The Bertz CT molecular complexity index is 328. The van der Waals surface area contributed by atoms with E-state index in [0.29, 0.717) is 13.0 Å². The van der Waals surface area contributed by atoms with Gasteiger partial charge in [-0.15, -0.1) is 0 Å². The van der Waals surface area contributed by atoms with Gasteiger partial charge in [-0.2, -0.15) is 0 Å². The number of imidazole rings is 1. The van der Waals surface area contributed by atoms with Crippen LogP contribution in [0.1, 0.15) is 17.8 Å². The molecule has 0 unspecified atom stereocenters. The van der Waals surface area contributed by atoms with Gasteiger partial charge in [0.25, 0.3) is 0 Å². The van der Waals surface area contributed by atoms with Crippen molar-refractivity contribution in [2.45, 2.75) is 26.8 Å². The maximum atomic E-state index is 11.3. The molecule has 1 heterocycles. The molecule has 0 fully saturated rings. The summed E-state index contributed by atoms with van der Waals surface area (Å²) < 4.78 is 2.01. The molecule has 0 bridgehead atoms. The molecule has 0 aliphatic heterocycles. The predicted molar refractivity (Wildman–Crippen MR) is 55.0 cm³/mol. The molecule has 0 aliphatic carbocycles. The van der Waals surface area contributed by atoms with Crippen molar-refractivity contribution in [3.05, 3.63) is 17.7 Å². The number of amides is 1. The smallest absolute Gasteiger partial charge is 0.223 e. The van der Waals surface area contributed by atoms with Gasteiger partial charge in [-0.3, -0.25) is 4.79 Å². The van der Waals surface area contributed by atoms with Crippen molar-refractivity contribution in [3.63, 3.8) is 0 Å². The van der Waals surface area contributed by atoms with Crippen LogP contribution < -0.4 is 0 Å². The van der Waals surface area contributed by atoms with Crippen LogP contribution >= 0.6 is 0 Å². The van der Waals surface area contributed by atoms with Crippen LogP contribution in [0.2, 0.25) is 0 Å². The first kappa shape index (κ1) is 10.8. The van der Waals surface area contributed by atoms with Gasteiger partial charge in [0.05, 0.1) is 12.0 Å². The van der Waals surface area contributed by atoms with Gasteiger partial charge in [-0.05, 0) is 13.8 Å². The number of nitrogens with zero attached hydrogens (tertiary/aromatic N) is 3. The lowest BCUT2D eigenvalue weighted by atomic mass is 10.3. The summed E-state index contributed by atoms with van der Waals surface area (Å²) >= 11 is 0. The zero-order chi connectivity index (χ0) is 10.7. The Morgan fingerprint density at radius 2 is 2.14 bits per heavy atom. The van der Waals surface area contributed by atoms with Crippen LogP contribution in [0.25, 0.3) is 0 Å². The molecule has 78 valence electrons. The minimum Gasteiger partial charge on any atom is -0.349 e. The molecule has 1 aromatic rings. The van der Waals surface area contributed by atoms with Crippen molar-refractivity contribution in [2.24, 2.45) is 0 Å². The topological polar surface area (TPSA) is 38.1 Å². The summed E-state index contributed by atoms with van der Waals surface area (Å²) in [5.41, 5.74) is 2.17. The number of aromatic nitrogens is 2. The van der Waals surface area contributed by atoms with Crippen LogP contribution in [0.3, 0.4) is 0 Å². The molecule has 1 amide bonds. The number of hydrogen-bond donors (Lipinski definition) is 0. The standard InChI is InChI=1S/C10H17N3O/c1-8-9(2)13(7-11-8)6-5-10(14)12(3)4/h7H,5-6H2,1-4H3. The molecule has 0 radical (unpaired) electrons. The number of hydrogen-bond acceptors (Lipinski definition) is 2. The van der Waals surface area contributed by atoms with Crippen molar-refractivity contribution >= 4 is 5.91 Å². The van der Waals surface area contributed by atoms with Crippen molar-refractivity contribution in [1.29, 1.82) is 0 Å². The minimum atomic E-state index is 0.149. The summed E-state index contributed by atoms with van der Waals surface area (Å²) in [5.74, 6) is 0.149. The number of carbonyl (C=O) groups excluding carboxylic acids is 1. The molecule has 1 rings (SSSR count). The third-order valence-electron chi connectivity index (χ3n) is 2.41. The molecule has 14 heavy (non-hydrogen) atoms. The molecule has 0 atom stereocenters. The third-order valence-corrected chi connectivity index (χ3v) is 2.41. The molecule has 4 nitrogen and oxygen atoms in total. The monoisotopic (exact) mass is 195 g/mol. The van der Waals surface area contributed by atoms with Gasteiger partial charge >= 0.3 is 0 Å². The fourth-order valence-electron chi connectivity index (χ4n) is 1.21. The highest BCUT2D eigenvalue weighted by atomic mass is 16.2. The van der Waals surface area contributed by atoms with E-state index >= 15 is 0 Å². The summed E-state index contributed by atoms with van der Waals surface area (Å²) in [7, 11) is 3.54. The second-order valence-corrected chi connectivity index (χ2v) is 3.65. The van der Waals surface area contributed by atoms with Gasteiger partial charge in [-0.1, -0.05) is 0 Å². The van der Waals surface area contributed by atoms with E-state index in [-0.39, 0.29) is 5.91 Å². The lowest BCUT2D eigenvalue weighted by molar-refractivity contribution is -0.128. The number of carbonyl (C=O) groups is 1. The summed E-state index contributed by atoms with van der Waals surface area (Å²) in [4.78, 5) is 17.1. The Morgan fingerprint density at radius 1 is 1.50 bits per heavy atom. The van der Waals surface area contributed by atoms with Gasteiger partial charge in [0, 0.05) is 32.8 Å². The van der Waals surface area contributed by atoms with E-state index in [1.54, 1.807) is 25.3 Å². The zero-order valence-electron chi connectivity index (χ0n) is 9.24. The Hall–Kier alpha value is -1.32. The Labute approximate surface area is 84.5 Å². The first-order chi connectivity index (χ1) is 6.52. The molecule has 0 N–H and O–H groups in total. The minimum absolute atomic E-state index is 0.149. The van der Waals surface area contributed by atoms with Gasteiger partial charge in [0.2, 0.25) is 5.91 Å². The van der Waals surface area contributed by atoms with E-state index in [9.17, 15) is 4.79 Å². The highest BCUT2D eigenvalue weighted by molar-refractivity contribution is 5.75. The van der Waals surface area contributed by atoms with Crippen LogP contribution in [0.15, 0.2) is 6.33 Å². The lowest BCUT2D eigenvalue weighted by Gasteiger charge is -2.10. The average Bonchev–Trinajstić information content (AvgIpc) is 2.44. The van der Waals surface area contributed by atoms with Crippen LogP contribution in [0, 0.1) is 13.8 Å². The predicted octanol–water partition coefficient (Wildman–Crippen LogP) is 0.978. The molecule has 0 spiro atoms. The fourth-order valence-corrected chi connectivity index (χ4v) is 1.21. The van der Waals surface area contributed by atoms with E-state index in [1.807, 2.05) is 18.4 Å². The molecule has 0 saturated carbocycles. The quantitative estimate of drug-likeness (QED) is 0.721. The average molecular weight is 195 g/mol. The summed E-state index contributed by atoms with van der Waals surface area (Å²) in [5, 5.41) is 0.